The van der Waals surface area contributed by atoms with Crippen LogP contribution in [0.25, 0.3) is 11.0 Å². The zero-order valence-electron chi connectivity index (χ0n) is 11.6. The molecule has 0 fully saturated rings. The summed E-state index contributed by atoms with van der Waals surface area (Å²) in [6, 6.07) is 5.48. The predicted molar refractivity (Wildman–Crippen MR) is 76.9 cm³/mol. The van der Waals surface area contributed by atoms with Crippen LogP contribution < -0.4 is 10.1 Å². The minimum absolute atomic E-state index is 0.0326. The Bertz CT molecular complexity index is 600. The normalized spacial score (nSPS) is 13.6. The zero-order chi connectivity index (χ0) is 15.5. The highest BCUT2D eigenvalue weighted by Gasteiger charge is 2.26. The van der Waals surface area contributed by atoms with Gasteiger partial charge in [-0.2, -0.15) is 13.2 Å². The lowest BCUT2D eigenvalue weighted by atomic mass is 10.3. The third kappa shape index (κ3) is 4.82. The van der Waals surface area contributed by atoms with Gasteiger partial charge in [0.2, 0.25) is 0 Å². The van der Waals surface area contributed by atoms with Crippen molar-refractivity contribution in [2.75, 3.05) is 20.2 Å². The van der Waals surface area contributed by atoms with Gasteiger partial charge in [0.1, 0.15) is 5.75 Å². The molecule has 0 radical (unpaired) electrons. The molecule has 0 saturated carbocycles. The highest BCUT2D eigenvalue weighted by atomic mass is 32.2. The van der Waals surface area contributed by atoms with Gasteiger partial charge in [-0.05, 0) is 12.1 Å². The van der Waals surface area contributed by atoms with E-state index in [0.717, 1.165) is 16.8 Å². The van der Waals surface area contributed by atoms with Crippen molar-refractivity contribution >= 4 is 22.8 Å². The molecule has 2 N–H and O–H groups in total. The van der Waals surface area contributed by atoms with Crippen molar-refractivity contribution in [3.63, 3.8) is 0 Å². The van der Waals surface area contributed by atoms with Crippen LogP contribution in [0.3, 0.4) is 0 Å². The number of methoxy groups -OCH3 is 1. The molecule has 1 unspecified atom stereocenters. The SMILES string of the molecule is COc1ccc2nc(SC(C)CNCC(F)(F)F)[nH]c2c1. The molecule has 1 heterocycles. The van der Waals surface area contributed by atoms with Gasteiger partial charge < -0.3 is 15.0 Å². The van der Waals surface area contributed by atoms with Crippen LogP contribution in [0.1, 0.15) is 6.92 Å². The number of hydrogen-bond acceptors (Lipinski definition) is 4. The average Bonchev–Trinajstić information content (AvgIpc) is 2.77. The second-order valence-electron chi connectivity index (χ2n) is 4.60. The van der Waals surface area contributed by atoms with Gasteiger partial charge in [-0.25, -0.2) is 4.98 Å². The molecule has 2 aromatic rings. The van der Waals surface area contributed by atoms with Crippen LogP contribution in [0.2, 0.25) is 0 Å². The van der Waals surface area contributed by atoms with E-state index in [4.69, 9.17) is 4.74 Å². The summed E-state index contributed by atoms with van der Waals surface area (Å²) in [7, 11) is 1.58. The number of aromatic nitrogens is 2. The molecule has 0 amide bonds. The van der Waals surface area contributed by atoms with E-state index in [1.165, 1.54) is 11.8 Å². The summed E-state index contributed by atoms with van der Waals surface area (Å²) in [6.45, 7) is 1.13. The van der Waals surface area contributed by atoms with E-state index in [-0.39, 0.29) is 11.8 Å². The third-order valence-corrected chi connectivity index (χ3v) is 3.72. The summed E-state index contributed by atoms with van der Waals surface area (Å²) >= 11 is 1.40. The highest BCUT2D eigenvalue weighted by Crippen LogP contribution is 2.25. The largest absolute Gasteiger partial charge is 0.497 e. The number of hydrogen-bond donors (Lipinski definition) is 2. The molecular weight excluding hydrogens is 303 g/mol. The molecular formula is C13H16F3N3OS. The fourth-order valence-electron chi connectivity index (χ4n) is 1.80. The lowest BCUT2D eigenvalue weighted by Gasteiger charge is -2.12. The van der Waals surface area contributed by atoms with Crippen LogP contribution in [0.15, 0.2) is 23.4 Å². The molecule has 0 aliphatic rings. The summed E-state index contributed by atoms with van der Waals surface area (Å²) in [5.41, 5.74) is 1.64. The highest BCUT2D eigenvalue weighted by molar-refractivity contribution is 7.99. The summed E-state index contributed by atoms with van der Waals surface area (Å²) in [5, 5.41) is 3.04. The number of H-pyrrole nitrogens is 1. The van der Waals surface area contributed by atoms with Crippen LogP contribution in [0, 0.1) is 0 Å². The van der Waals surface area contributed by atoms with E-state index < -0.39 is 12.7 Å². The number of alkyl halides is 3. The molecule has 21 heavy (non-hydrogen) atoms. The Kier molecular flexibility index (Phi) is 5.00. The molecule has 0 aliphatic heterocycles. The summed E-state index contributed by atoms with van der Waals surface area (Å²) < 4.78 is 41.3. The molecule has 2 rings (SSSR count). The number of ether oxygens (including phenoxy) is 1. The molecule has 0 bridgehead atoms. The number of thioether (sulfide) groups is 1. The van der Waals surface area contributed by atoms with Crippen LogP contribution in [-0.4, -0.2) is 41.6 Å². The maximum atomic E-state index is 12.0. The van der Waals surface area contributed by atoms with Crippen LogP contribution >= 0.6 is 11.8 Å². The Morgan fingerprint density at radius 1 is 1.43 bits per heavy atom. The zero-order valence-corrected chi connectivity index (χ0v) is 12.4. The third-order valence-electron chi connectivity index (χ3n) is 2.74. The molecule has 0 spiro atoms. The molecule has 0 aliphatic carbocycles. The number of nitrogens with zero attached hydrogens (tertiary/aromatic N) is 1. The van der Waals surface area contributed by atoms with E-state index in [1.807, 2.05) is 25.1 Å². The van der Waals surface area contributed by atoms with Gasteiger partial charge in [0.25, 0.3) is 0 Å². The van der Waals surface area contributed by atoms with Crippen molar-refractivity contribution in [3.05, 3.63) is 18.2 Å². The molecule has 116 valence electrons. The first-order valence-electron chi connectivity index (χ1n) is 6.35. The van der Waals surface area contributed by atoms with Gasteiger partial charge in [-0.1, -0.05) is 18.7 Å². The monoisotopic (exact) mass is 319 g/mol. The first kappa shape index (κ1) is 16.0. The van der Waals surface area contributed by atoms with E-state index in [9.17, 15) is 13.2 Å². The summed E-state index contributed by atoms with van der Waals surface area (Å²) in [4.78, 5) is 7.52. The maximum Gasteiger partial charge on any atom is 0.401 e. The van der Waals surface area contributed by atoms with Gasteiger partial charge in [-0.3, -0.25) is 0 Å². The fourth-order valence-corrected chi connectivity index (χ4v) is 2.70. The summed E-state index contributed by atoms with van der Waals surface area (Å²) in [6.07, 6.45) is -4.18. The average molecular weight is 319 g/mol. The standard InChI is InChI=1S/C13H16F3N3OS/c1-8(6-17-7-13(14,15)16)21-12-18-10-4-3-9(20-2)5-11(10)19-12/h3-5,8,17H,6-7H2,1-2H3,(H,18,19). The first-order valence-corrected chi connectivity index (χ1v) is 7.23. The second-order valence-corrected chi connectivity index (χ2v) is 6.03. The summed E-state index contributed by atoms with van der Waals surface area (Å²) in [5.74, 6) is 0.725. The van der Waals surface area contributed by atoms with Crippen molar-refractivity contribution in [2.24, 2.45) is 0 Å². The minimum atomic E-state index is -4.18. The van der Waals surface area contributed by atoms with Crippen molar-refractivity contribution in [1.29, 1.82) is 0 Å². The van der Waals surface area contributed by atoms with Gasteiger partial charge >= 0.3 is 6.18 Å². The van der Waals surface area contributed by atoms with E-state index in [1.54, 1.807) is 7.11 Å². The Balaban J connectivity index is 1.93. The maximum absolute atomic E-state index is 12.0. The van der Waals surface area contributed by atoms with E-state index >= 15 is 0 Å². The lowest BCUT2D eigenvalue weighted by Crippen LogP contribution is -2.32. The Morgan fingerprint density at radius 2 is 2.19 bits per heavy atom. The van der Waals surface area contributed by atoms with Gasteiger partial charge in [0.05, 0.1) is 24.7 Å². The minimum Gasteiger partial charge on any atom is -0.497 e. The van der Waals surface area contributed by atoms with E-state index in [0.29, 0.717) is 5.16 Å². The number of imidazole rings is 1. The van der Waals surface area contributed by atoms with Gasteiger partial charge in [0, 0.05) is 17.9 Å². The second kappa shape index (κ2) is 6.57. The van der Waals surface area contributed by atoms with Gasteiger partial charge in [-0.15, -0.1) is 0 Å². The van der Waals surface area contributed by atoms with Crippen LogP contribution in [0.4, 0.5) is 13.2 Å². The Labute approximate surface area is 124 Å². The fraction of sp³-hybridized carbons (Fsp3) is 0.462. The lowest BCUT2D eigenvalue weighted by molar-refractivity contribution is -0.124. The molecule has 4 nitrogen and oxygen atoms in total. The van der Waals surface area contributed by atoms with Crippen molar-refractivity contribution in [3.8, 4) is 5.75 Å². The first-order chi connectivity index (χ1) is 9.87. The number of nitrogens with one attached hydrogen (secondary N) is 2. The van der Waals surface area contributed by atoms with Crippen molar-refractivity contribution in [2.45, 2.75) is 23.5 Å². The van der Waals surface area contributed by atoms with Gasteiger partial charge in [0.15, 0.2) is 5.16 Å². The molecule has 8 heteroatoms. The number of aromatic amines is 1. The van der Waals surface area contributed by atoms with Crippen molar-refractivity contribution < 1.29 is 17.9 Å². The smallest absolute Gasteiger partial charge is 0.401 e. The molecule has 1 aromatic carbocycles. The predicted octanol–water partition coefficient (Wildman–Crippen LogP) is 3.20. The quantitative estimate of drug-likeness (QED) is 0.803. The molecule has 1 atom stereocenters. The number of benzene rings is 1. The molecule has 1 aromatic heterocycles. The Morgan fingerprint density at radius 3 is 2.86 bits per heavy atom. The van der Waals surface area contributed by atoms with Crippen LogP contribution in [0.5, 0.6) is 5.75 Å². The van der Waals surface area contributed by atoms with Crippen molar-refractivity contribution in [1.82, 2.24) is 15.3 Å². The Hall–Kier alpha value is -1.41. The topological polar surface area (TPSA) is 49.9 Å². The van der Waals surface area contributed by atoms with E-state index in [2.05, 4.69) is 15.3 Å². The number of fused-ring (bicyclic) bond motifs is 1. The number of halogens is 3. The number of rotatable bonds is 6. The molecule has 0 saturated heterocycles. The van der Waals surface area contributed by atoms with Crippen LogP contribution in [-0.2, 0) is 0 Å².